The maximum atomic E-state index is 12.8. The minimum Gasteiger partial charge on any atom is -0.372 e. The number of anilines is 1. The fraction of sp³-hybridized carbons (Fsp3) is 0.611. The highest BCUT2D eigenvalue weighted by molar-refractivity contribution is 5.87. The Bertz CT molecular complexity index is 776. The molecule has 25 heavy (non-hydrogen) atoms. The lowest BCUT2D eigenvalue weighted by Gasteiger charge is -2.46. The Morgan fingerprint density at radius 1 is 1.32 bits per heavy atom. The first kappa shape index (κ1) is 16.3. The minimum atomic E-state index is -0.388. The molecule has 2 aliphatic heterocycles. The van der Waals surface area contributed by atoms with Crippen molar-refractivity contribution in [2.75, 3.05) is 31.6 Å². The zero-order valence-electron chi connectivity index (χ0n) is 14.9. The minimum absolute atomic E-state index is 0.101. The molecule has 7 nitrogen and oxygen atoms in total. The number of methoxy groups -OCH3 is 1. The van der Waals surface area contributed by atoms with E-state index in [4.69, 9.17) is 4.74 Å². The first-order valence-corrected chi connectivity index (χ1v) is 9.02. The van der Waals surface area contributed by atoms with Crippen molar-refractivity contribution in [1.82, 2.24) is 19.9 Å². The van der Waals surface area contributed by atoms with Crippen molar-refractivity contribution in [2.24, 2.45) is 0 Å². The molecule has 2 aromatic rings. The lowest BCUT2D eigenvalue weighted by Crippen LogP contribution is -2.59. The number of likely N-dealkylation sites (tertiary alicyclic amines) is 1. The number of piperidine rings is 1. The van der Waals surface area contributed by atoms with E-state index in [0.29, 0.717) is 0 Å². The number of carbonyl (C=O) groups is 1. The Hall–Kier alpha value is -2.15. The van der Waals surface area contributed by atoms with Crippen LogP contribution in [0.15, 0.2) is 18.6 Å². The van der Waals surface area contributed by atoms with Gasteiger partial charge in [0.15, 0.2) is 0 Å². The summed E-state index contributed by atoms with van der Waals surface area (Å²) < 4.78 is 5.29. The third kappa shape index (κ3) is 2.66. The maximum Gasteiger partial charge on any atom is 0.251 e. The molecular formula is C18H25N5O2. The van der Waals surface area contributed by atoms with Crippen molar-refractivity contribution < 1.29 is 9.53 Å². The van der Waals surface area contributed by atoms with Gasteiger partial charge in [0, 0.05) is 32.9 Å². The summed E-state index contributed by atoms with van der Waals surface area (Å²) in [6, 6.07) is 2.02. The quantitative estimate of drug-likeness (QED) is 0.922. The standard InChI is InChI=1S/C18H25N5O2/c1-13(25-2)17(24)23-10-4-7-18(23)6-3-9-22(11-18)16-14-5-8-19-15(14)20-12-21-16/h5,8,12-13H,3-4,6-7,9-11H2,1-2H3,(H,19,20,21)/t13-,18?/m0/s1. The van der Waals surface area contributed by atoms with Crippen LogP contribution in [0.3, 0.4) is 0 Å². The first-order chi connectivity index (χ1) is 12.1. The molecular weight excluding hydrogens is 318 g/mol. The van der Waals surface area contributed by atoms with Gasteiger partial charge in [0.05, 0.1) is 10.9 Å². The van der Waals surface area contributed by atoms with Gasteiger partial charge in [-0.3, -0.25) is 4.79 Å². The summed E-state index contributed by atoms with van der Waals surface area (Å²) in [6.45, 7) is 4.44. The van der Waals surface area contributed by atoms with E-state index < -0.39 is 0 Å². The number of carbonyl (C=O) groups excluding carboxylic acids is 1. The molecule has 1 N–H and O–H groups in total. The molecule has 0 aliphatic carbocycles. The second-order valence-electron chi connectivity index (χ2n) is 7.16. The average Bonchev–Trinajstić information content (AvgIpc) is 3.27. The van der Waals surface area contributed by atoms with Crippen molar-refractivity contribution in [3.8, 4) is 0 Å². The van der Waals surface area contributed by atoms with Gasteiger partial charge in [-0.15, -0.1) is 0 Å². The molecule has 1 amide bonds. The van der Waals surface area contributed by atoms with Gasteiger partial charge in [0.1, 0.15) is 23.9 Å². The molecule has 4 heterocycles. The second-order valence-corrected chi connectivity index (χ2v) is 7.16. The number of nitrogens with one attached hydrogen (secondary N) is 1. The summed E-state index contributed by atoms with van der Waals surface area (Å²) in [5, 5.41) is 1.04. The van der Waals surface area contributed by atoms with Crippen LogP contribution >= 0.6 is 0 Å². The van der Waals surface area contributed by atoms with Gasteiger partial charge in [-0.1, -0.05) is 0 Å². The molecule has 7 heteroatoms. The molecule has 4 rings (SSSR count). The number of H-pyrrole nitrogens is 1. The molecule has 1 spiro atoms. The van der Waals surface area contributed by atoms with Gasteiger partial charge >= 0.3 is 0 Å². The first-order valence-electron chi connectivity index (χ1n) is 9.02. The Balaban J connectivity index is 1.64. The van der Waals surface area contributed by atoms with Crippen LogP contribution in [0.5, 0.6) is 0 Å². The van der Waals surface area contributed by atoms with E-state index in [2.05, 4.69) is 24.8 Å². The highest BCUT2D eigenvalue weighted by atomic mass is 16.5. The van der Waals surface area contributed by atoms with E-state index in [0.717, 1.165) is 62.2 Å². The van der Waals surface area contributed by atoms with Gasteiger partial charge in [0.2, 0.25) is 0 Å². The fourth-order valence-electron chi connectivity index (χ4n) is 4.43. The van der Waals surface area contributed by atoms with E-state index in [1.54, 1.807) is 13.4 Å². The summed E-state index contributed by atoms with van der Waals surface area (Å²) >= 11 is 0. The lowest BCUT2D eigenvalue weighted by atomic mass is 9.86. The number of fused-ring (bicyclic) bond motifs is 1. The fourth-order valence-corrected chi connectivity index (χ4v) is 4.43. The third-order valence-electron chi connectivity index (χ3n) is 5.75. The molecule has 2 aromatic heterocycles. The Kier molecular flexibility index (Phi) is 4.11. The van der Waals surface area contributed by atoms with Gasteiger partial charge < -0.3 is 19.5 Å². The number of ether oxygens (including phenoxy) is 1. The van der Waals surface area contributed by atoms with Gasteiger partial charge in [-0.05, 0) is 38.7 Å². The molecule has 2 saturated heterocycles. The zero-order valence-corrected chi connectivity index (χ0v) is 14.9. The van der Waals surface area contributed by atoms with Crippen LogP contribution in [0.2, 0.25) is 0 Å². The van der Waals surface area contributed by atoms with Gasteiger partial charge in [-0.2, -0.15) is 0 Å². The van der Waals surface area contributed by atoms with Crippen molar-refractivity contribution in [3.63, 3.8) is 0 Å². The largest absolute Gasteiger partial charge is 0.372 e. The van der Waals surface area contributed by atoms with Gasteiger partial charge in [0.25, 0.3) is 5.91 Å². The van der Waals surface area contributed by atoms with Crippen molar-refractivity contribution in [1.29, 1.82) is 0 Å². The lowest BCUT2D eigenvalue weighted by molar-refractivity contribution is -0.145. The summed E-state index contributed by atoms with van der Waals surface area (Å²) in [5.41, 5.74) is 0.757. The van der Waals surface area contributed by atoms with E-state index >= 15 is 0 Å². The predicted molar refractivity (Wildman–Crippen MR) is 95.5 cm³/mol. The average molecular weight is 343 g/mol. The Morgan fingerprint density at radius 2 is 2.12 bits per heavy atom. The second kappa shape index (κ2) is 6.29. The number of aromatic nitrogens is 3. The van der Waals surface area contributed by atoms with Crippen molar-refractivity contribution >= 4 is 22.8 Å². The molecule has 0 saturated carbocycles. The zero-order chi connectivity index (χ0) is 17.4. The number of aromatic amines is 1. The van der Waals surface area contributed by atoms with E-state index in [1.807, 2.05) is 19.2 Å². The third-order valence-corrected chi connectivity index (χ3v) is 5.75. The summed E-state index contributed by atoms with van der Waals surface area (Å²) in [7, 11) is 1.60. The molecule has 2 fully saturated rings. The van der Waals surface area contributed by atoms with Crippen LogP contribution in [0.25, 0.3) is 11.0 Å². The van der Waals surface area contributed by atoms with Crippen molar-refractivity contribution in [2.45, 2.75) is 44.2 Å². The highest BCUT2D eigenvalue weighted by Gasteiger charge is 2.47. The number of amides is 1. The molecule has 0 aromatic carbocycles. The summed E-state index contributed by atoms with van der Waals surface area (Å²) in [4.78, 5) is 29.2. The van der Waals surface area contributed by atoms with Crippen LogP contribution in [0.1, 0.15) is 32.6 Å². The predicted octanol–water partition coefficient (Wildman–Crippen LogP) is 1.95. The molecule has 1 unspecified atom stereocenters. The SMILES string of the molecule is CO[C@@H](C)C(=O)N1CCCC12CCCN(c1ncnc3[nH]ccc13)C2. The van der Waals surface area contributed by atoms with E-state index in [-0.39, 0.29) is 17.6 Å². The highest BCUT2D eigenvalue weighted by Crippen LogP contribution is 2.39. The molecule has 0 radical (unpaired) electrons. The van der Waals surface area contributed by atoms with Crippen molar-refractivity contribution in [3.05, 3.63) is 18.6 Å². The van der Waals surface area contributed by atoms with E-state index in [1.165, 1.54) is 0 Å². The molecule has 2 atom stereocenters. The maximum absolute atomic E-state index is 12.8. The Labute approximate surface area is 147 Å². The van der Waals surface area contributed by atoms with Crippen LogP contribution < -0.4 is 4.90 Å². The smallest absolute Gasteiger partial charge is 0.251 e. The van der Waals surface area contributed by atoms with Crippen LogP contribution in [-0.2, 0) is 9.53 Å². The van der Waals surface area contributed by atoms with Crippen LogP contribution in [0.4, 0.5) is 5.82 Å². The molecule has 0 bridgehead atoms. The summed E-state index contributed by atoms with van der Waals surface area (Å²) in [6.07, 6.45) is 7.33. The number of rotatable bonds is 3. The van der Waals surface area contributed by atoms with E-state index in [9.17, 15) is 4.79 Å². The number of nitrogens with zero attached hydrogens (tertiary/aromatic N) is 4. The molecule has 134 valence electrons. The summed E-state index contributed by atoms with van der Waals surface area (Å²) in [5.74, 6) is 1.07. The number of hydrogen-bond acceptors (Lipinski definition) is 5. The van der Waals surface area contributed by atoms with Gasteiger partial charge in [-0.25, -0.2) is 9.97 Å². The monoisotopic (exact) mass is 343 g/mol. The van der Waals surface area contributed by atoms with Crippen LogP contribution in [0, 0.1) is 0 Å². The topological polar surface area (TPSA) is 74.3 Å². The van der Waals surface area contributed by atoms with Crippen LogP contribution in [-0.4, -0.2) is 64.1 Å². The molecule has 2 aliphatic rings. The number of hydrogen-bond donors (Lipinski definition) is 1. The normalized spacial score (nSPS) is 25.0. The Morgan fingerprint density at radius 3 is 2.92 bits per heavy atom.